The Morgan fingerprint density at radius 2 is 2.08 bits per heavy atom. The van der Waals surface area contributed by atoms with Crippen LogP contribution in [0.1, 0.15) is 11.1 Å². The molecule has 0 aliphatic rings. The maximum Gasteiger partial charge on any atom is 0.417 e. The van der Waals surface area contributed by atoms with Gasteiger partial charge in [0, 0.05) is 6.20 Å². The molecule has 1 N–H and O–H groups in total. The van der Waals surface area contributed by atoms with E-state index in [0.29, 0.717) is 12.3 Å². The lowest BCUT2D eigenvalue weighted by Crippen LogP contribution is -2.14. The van der Waals surface area contributed by atoms with Crippen LogP contribution in [-0.2, 0) is 6.18 Å². The van der Waals surface area contributed by atoms with E-state index in [1.54, 1.807) is 0 Å². The van der Waals surface area contributed by atoms with Gasteiger partial charge in [-0.1, -0.05) is 0 Å². The lowest BCUT2D eigenvalue weighted by Gasteiger charge is -2.04. The zero-order chi connectivity index (χ0) is 10.1. The second kappa shape index (κ2) is 2.94. The number of aromatic nitrogens is 1. The Morgan fingerprint density at radius 3 is 2.54 bits per heavy atom. The number of pyridine rings is 1. The number of hydrogen-bond acceptors (Lipinski definition) is 2. The fraction of sp³-hybridized carbons (Fsp3) is 0.143. The van der Waals surface area contributed by atoms with Gasteiger partial charge in [0.25, 0.3) is 5.56 Å². The smallest absolute Gasteiger partial charge is 0.327 e. The zero-order valence-corrected chi connectivity index (χ0v) is 6.14. The van der Waals surface area contributed by atoms with Crippen LogP contribution in [0.5, 0.6) is 0 Å². The number of rotatable bonds is 0. The number of aromatic amines is 1. The van der Waals surface area contributed by atoms with Crippen molar-refractivity contribution in [2.45, 2.75) is 6.18 Å². The molecule has 0 aromatic carbocycles. The van der Waals surface area contributed by atoms with Gasteiger partial charge in [0.15, 0.2) is 0 Å². The first-order valence-corrected chi connectivity index (χ1v) is 3.15. The molecule has 1 aromatic rings. The topological polar surface area (TPSA) is 56.6 Å². The molecular weight excluding hydrogens is 185 g/mol. The third-order valence-corrected chi connectivity index (χ3v) is 1.35. The average Bonchev–Trinajstić information content (AvgIpc) is 2.03. The number of nitriles is 1. The van der Waals surface area contributed by atoms with Gasteiger partial charge in [-0.05, 0) is 6.07 Å². The molecule has 0 saturated carbocycles. The highest BCUT2D eigenvalue weighted by Gasteiger charge is 2.31. The predicted molar refractivity (Wildman–Crippen MR) is 36.8 cm³/mol. The van der Waals surface area contributed by atoms with Crippen molar-refractivity contribution in [2.75, 3.05) is 0 Å². The van der Waals surface area contributed by atoms with E-state index in [1.165, 1.54) is 6.07 Å². The van der Waals surface area contributed by atoms with E-state index in [0.717, 1.165) is 0 Å². The van der Waals surface area contributed by atoms with Crippen LogP contribution in [0.25, 0.3) is 0 Å². The van der Waals surface area contributed by atoms with Gasteiger partial charge in [-0.25, -0.2) is 0 Å². The molecule has 0 atom stereocenters. The van der Waals surface area contributed by atoms with Gasteiger partial charge >= 0.3 is 6.18 Å². The summed E-state index contributed by atoms with van der Waals surface area (Å²) < 4.78 is 36.0. The molecule has 0 aliphatic carbocycles. The normalized spacial score (nSPS) is 10.9. The first kappa shape index (κ1) is 9.32. The minimum Gasteiger partial charge on any atom is -0.327 e. The van der Waals surface area contributed by atoms with Crippen molar-refractivity contribution in [3.05, 3.63) is 33.7 Å². The van der Waals surface area contributed by atoms with Crippen molar-refractivity contribution in [3.8, 4) is 6.07 Å². The van der Waals surface area contributed by atoms with E-state index in [-0.39, 0.29) is 0 Å². The van der Waals surface area contributed by atoms with Crippen LogP contribution in [0.3, 0.4) is 0 Å². The van der Waals surface area contributed by atoms with Crippen LogP contribution < -0.4 is 5.56 Å². The highest BCUT2D eigenvalue weighted by molar-refractivity contribution is 5.30. The SMILES string of the molecule is N#Cc1cc(C(F)(F)F)c[nH]c1=O. The Hall–Kier alpha value is -1.77. The summed E-state index contributed by atoms with van der Waals surface area (Å²) in [5, 5.41) is 8.27. The highest BCUT2D eigenvalue weighted by Crippen LogP contribution is 2.28. The van der Waals surface area contributed by atoms with Crippen molar-refractivity contribution in [3.63, 3.8) is 0 Å². The van der Waals surface area contributed by atoms with Crippen LogP contribution in [0.2, 0.25) is 0 Å². The van der Waals surface area contributed by atoms with Crippen LogP contribution in [0.15, 0.2) is 17.1 Å². The molecule has 0 unspecified atom stereocenters. The largest absolute Gasteiger partial charge is 0.417 e. The van der Waals surface area contributed by atoms with Crippen molar-refractivity contribution in [1.82, 2.24) is 4.98 Å². The van der Waals surface area contributed by atoms with Gasteiger partial charge in [-0.2, -0.15) is 18.4 Å². The van der Waals surface area contributed by atoms with Crippen molar-refractivity contribution < 1.29 is 13.2 Å². The second-order valence-electron chi connectivity index (χ2n) is 2.24. The quantitative estimate of drug-likeness (QED) is 0.666. The molecular formula is C7H3F3N2O. The van der Waals surface area contributed by atoms with Gasteiger partial charge in [-0.3, -0.25) is 4.79 Å². The Balaban J connectivity index is 3.32. The van der Waals surface area contributed by atoms with E-state index < -0.39 is 22.9 Å². The monoisotopic (exact) mass is 188 g/mol. The molecule has 0 saturated heterocycles. The van der Waals surface area contributed by atoms with Crippen LogP contribution in [0.4, 0.5) is 13.2 Å². The number of hydrogen-bond donors (Lipinski definition) is 1. The molecule has 3 nitrogen and oxygen atoms in total. The van der Waals surface area contributed by atoms with Crippen molar-refractivity contribution in [2.24, 2.45) is 0 Å². The average molecular weight is 188 g/mol. The van der Waals surface area contributed by atoms with E-state index in [1.807, 2.05) is 4.98 Å². The van der Waals surface area contributed by atoms with Crippen molar-refractivity contribution in [1.29, 1.82) is 5.26 Å². The third kappa shape index (κ3) is 1.87. The maximum atomic E-state index is 12.0. The Labute approximate surface area is 70.4 Å². The third-order valence-electron chi connectivity index (χ3n) is 1.35. The number of nitrogens with zero attached hydrogens (tertiary/aromatic N) is 1. The summed E-state index contributed by atoms with van der Waals surface area (Å²) in [5.41, 5.74) is -2.41. The lowest BCUT2D eigenvalue weighted by atomic mass is 10.2. The number of nitrogens with one attached hydrogen (secondary N) is 1. The molecule has 0 aliphatic heterocycles. The fourth-order valence-corrected chi connectivity index (χ4v) is 0.730. The molecule has 0 fully saturated rings. The van der Waals surface area contributed by atoms with Gasteiger partial charge < -0.3 is 4.98 Å². The molecule has 68 valence electrons. The molecule has 0 amide bonds. The summed E-state index contributed by atoms with van der Waals surface area (Å²) in [6.07, 6.45) is -4.01. The van der Waals surface area contributed by atoms with E-state index in [4.69, 9.17) is 5.26 Å². The first-order valence-electron chi connectivity index (χ1n) is 3.15. The molecule has 1 heterocycles. The minimum absolute atomic E-state index is 0.513. The molecule has 13 heavy (non-hydrogen) atoms. The van der Waals surface area contributed by atoms with Gasteiger partial charge in [-0.15, -0.1) is 0 Å². The van der Waals surface area contributed by atoms with E-state index in [9.17, 15) is 18.0 Å². The summed E-state index contributed by atoms with van der Waals surface area (Å²) >= 11 is 0. The van der Waals surface area contributed by atoms with Gasteiger partial charge in [0.05, 0.1) is 5.56 Å². The number of H-pyrrole nitrogens is 1. The molecule has 0 spiro atoms. The Morgan fingerprint density at radius 1 is 1.46 bits per heavy atom. The second-order valence-corrected chi connectivity index (χ2v) is 2.24. The minimum atomic E-state index is -4.55. The molecule has 1 aromatic heterocycles. The molecule has 6 heteroatoms. The van der Waals surface area contributed by atoms with Gasteiger partial charge in [0.1, 0.15) is 11.6 Å². The zero-order valence-electron chi connectivity index (χ0n) is 6.14. The Kier molecular flexibility index (Phi) is 2.10. The highest BCUT2D eigenvalue weighted by atomic mass is 19.4. The molecule has 0 bridgehead atoms. The standard InChI is InChI=1S/C7H3F3N2O/c8-7(9,10)5-1-4(2-11)6(13)12-3-5/h1,3H,(H,12,13). The summed E-state index contributed by atoms with van der Waals surface area (Å²) in [4.78, 5) is 12.5. The van der Waals surface area contributed by atoms with Crippen LogP contribution in [-0.4, -0.2) is 4.98 Å². The Bertz CT molecular complexity index is 413. The number of halogens is 3. The fourth-order valence-electron chi connectivity index (χ4n) is 0.730. The summed E-state index contributed by atoms with van der Waals surface area (Å²) in [6, 6.07) is 1.88. The van der Waals surface area contributed by atoms with Crippen molar-refractivity contribution >= 4 is 0 Å². The summed E-state index contributed by atoms with van der Waals surface area (Å²) in [7, 11) is 0. The maximum absolute atomic E-state index is 12.0. The molecule has 1 rings (SSSR count). The molecule has 0 radical (unpaired) electrons. The number of alkyl halides is 3. The van der Waals surface area contributed by atoms with Gasteiger partial charge in [0.2, 0.25) is 0 Å². The van der Waals surface area contributed by atoms with E-state index in [2.05, 4.69) is 0 Å². The van der Waals surface area contributed by atoms with Crippen LogP contribution >= 0.6 is 0 Å². The summed E-state index contributed by atoms with van der Waals surface area (Å²) in [6.45, 7) is 0. The van der Waals surface area contributed by atoms with Crippen LogP contribution in [0, 0.1) is 11.3 Å². The lowest BCUT2D eigenvalue weighted by molar-refractivity contribution is -0.137. The first-order chi connectivity index (χ1) is 5.95. The van der Waals surface area contributed by atoms with E-state index >= 15 is 0 Å². The summed E-state index contributed by atoms with van der Waals surface area (Å²) in [5.74, 6) is 0. The predicted octanol–water partition coefficient (Wildman–Crippen LogP) is 1.27.